The quantitative estimate of drug-likeness (QED) is 0.323. The summed E-state index contributed by atoms with van der Waals surface area (Å²) in [6.07, 6.45) is 0. The van der Waals surface area contributed by atoms with Crippen molar-refractivity contribution in [3.8, 4) is 17.4 Å². The fraction of sp³-hybridized carbons (Fsp3) is 0.0476. The van der Waals surface area contributed by atoms with E-state index in [9.17, 15) is 9.18 Å². The van der Waals surface area contributed by atoms with Crippen molar-refractivity contribution < 1.29 is 13.6 Å². The molecule has 9 heteroatoms. The number of aromatic nitrogens is 2. The number of carbonyl (C=O) groups excluding carboxylic acids is 1. The zero-order valence-corrected chi connectivity index (χ0v) is 17.0. The smallest absolute Gasteiger partial charge is 0.293 e. The maximum absolute atomic E-state index is 13.9. The molecule has 1 amide bonds. The van der Waals surface area contributed by atoms with Gasteiger partial charge < -0.3 is 4.42 Å². The summed E-state index contributed by atoms with van der Waals surface area (Å²) in [4.78, 5) is 12.4. The molecule has 0 aliphatic rings. The summed E-state index contributed by atoms with van der Waals surface area (Å²) in [5.41, 5.74) is 1.95. The van der Waals surface area contributed by atoms with Crippen LogP contribution in [0.3, 0.4) is 0 Å². The Balaban J connectivity index is 1.37. The Labute approximate surface area is 179 Å². The Kier molecular flexibility index (Phi) is 5.88. The standard InChI is InChI=1S/C21H13FN4O2S2/c22-16-4-2-1-3-15(16)17-9-10-18(28-17)19(27)24-20-25-26-21(30-20)29-12-14-7-5-13(11-23)6-8-14/h1-10H,12H2,(H,24,25,27). The molecular formula is C21H13FN4O2S2. The van der Waals surface area contributed by atoms with E-state index in [1.807, 2.05) is 12.1 Å². The number of carbonyl (C=O) groups is 1. The van der Waals surface area contributed by atoms with Gasteiger partial charge in [-0.3, -0.25) is 10.1 Å². The molecule has 0 unspecified atom stereocenters. The van der Waals surface area contributed by atoms with Gasteiger partial charge in [0.05, 0.1) is 17.2 Å². The van der Waals surface area contributed by atoms with Gasteiger partial charge in [-0.15, -0.1) is 10.2 Å². The minimum atomic E-state index is -0.489. The first-order valence-electron chi connectivity index (χ1n) is 8.74. The van der Waals surface area contributed by atoms with Crippen LogP contribution in [-0.2, 0) is 5.75 Å². The molecule has 0 fully saturated rings. The van der Waals surface area contributed by atoms with Crippen LogP contribution in [0.15, 0.2) is 69.4 Å². The number of rotatable bonds is 6. The third-order valence-corrected chi connectivity index (χ3v) is 6.08. The number of nitrogens with one attached hydrogen (secondary N) is 1. The maximum atomic E-state index is 13.9. The van der Waals surface area contributed by atoms with Crippen LogP contribution < -0.4 is 5.32 Å². The van der Waals surface area contributed by atoms with E-state index >= 15 is 0 Å². The molecule has 1 N–H and O–H groups in total. The molecule has 0 saturated carbocycles. The second-order valence-electron chi connectivity index (χ2n) is 6.07. The zero-order chi connectivity index (χ0) is 20.9. The van der Waals surface area contributed by atoms with Gasteiger partial charge in [-0.05, 0) is 42.0 Å². The molecule has 2 heterocycles. The predicted octanol–water partition coefficient (Wildman–Crippen LogP) is 5.35. The third-order valence-electron chi connectivity index (χ3n) is 4.04. The van der Waals surface area contributed by atoms with Crippen molar-refractivity contribution in [1.82, 2.24) is 10.2 Å². The molecule has 30 heavy (non-hydrogen) atoms. The van der Waals surface area contributed by atoms with Crippen molar-refractivity contribution >= 4 is 34.1 Å². The van der Waals surface area contributed by atoms with Crippen LogP contribution in [0.5, 0.6) is 0 Å². The van der Waals surface area contributed by atoms with Gasteiger partial charge >= 0.3 is 0 Å². The molecule has 0 aliphatic carbocycles. The molecule has 148 valence electrons. The van der Waals surface area contributed by atoms with Crippen molar-refractivity contribution in [3.63, 3.8) is 0 Å². The topological polar surface area (TPSA) is 91.8 Å². The molecule has 0 aliphatic heterocycles. The summed E-state index contributed by atoms with van der Waals surface area (Å²) < 4.78 is 20.1. The van der Waals surface area contributed by atoms with E-state index in [2.05, 4.69) is 21.6 Å². The lowest BCUT2D eigenvalue weighted by Crippen LogP contribution is -2.10. The van der Waals surface area contributed by atoms with E-state index < -0.39 is 11.7 Å². The lowest BCUT2D eigenvalue weighted by atomic mass is 10.1. The normalized spacial score (nSPS) is 10.5. The minimum absolute atomic E-state index is 0.0511. The second-order valence-corrected chi connectivity index (χ2v) is 8.27. The van der Waals surface area contributed by atoms with Gasteiger partial charge in [-0.1, -0.05) is 47.4 Å². The summed E-state index contributed by atoms with van der Waals surface area (Å²) >= 11 is 2.72. The molecular weight excluding hydrogens is 423 g/mol. The number of furan rings is 1. The van der Waals surface area contributed by atoms with Crippen molar-refractivity contribution in [1.29, 1.82) is 5.26 Å². The van der Waals surface area contributed by atoms with E-state index in [-0.39, 0.29) is 17.1 Å². The van der Waals surface area contributed by atoms with Gasteiger partial charge in [0.25, 0.3) is 5.91 Å². The van der Waals surface area contributed by atoms with Crippen LogP contribution in [0, 0.1) is 17.1 Å². The highest BCUT2D eigenvalue weighted by atomic mass is 32.2. The number of thioether (sulfide) groups is 1. The number of hydrogen-bond donors (Lipinski definition) is 1. The first-order chi connectivity index (χ1) is 14.6. The second kappa shape index (κ2) is 8.90. The highest BCUT2D eigenvalue weighted by molar-refractivity contribution is 8.00. The summed E-state index contributed by atoms with van der Waals surface area (Å²) in [7, 11) is 0. The summed E-state index contributed by atoms with van der Waals surface area (Å²) in [6, 6.07) is 18.6. The lowest BCUT2D eigenvalue weighted by molar-refractivity contribution is 0.0997. The number of halogens is 1. The van der Waals surface area contributed by atoms with E-state index in [4.69, 9.17) is 9.68 Å². The minimum Gasteiger partial charge on any atom is -0.451 e. The monoisotopic (exact) mass is 436 g/mol. The van der Waals surface area contributed by atoms with Gasteiger partial charge in [0.1, 0.15) is 11.6 Å². The largest absolute Gasteiger partial charge is 0.451 e. The van der Waals surface area contributed by atoms with Gasteiger partial charge in [0, 0.05) is 5.75 Å². The van der Waals surface area contributed by atoms with E-state index in [0.29, 0.717) is 20.8 Å². The molecule has 4 aromatic rings. The molecule has 6 nitrogen and oxygen atoms in total. The van der Waals surface area contributed by atoms with Crippen LogP contribution in [0.4, 0.5) is 9.52 Å². The molecule has 2 aromatic carbocycles. The fourth-order valence-electron chi connectivity index (χ4n) is 2.56. The number of anilines is 1. The first-order valence-corrected chi connectivity index (χ1v) is 10.5. The van der Waals surface area contributed by atoms with E-state index in [0.717, 1.165) is 5.56 Å². The Morgan fingerprint density at radius 3 is 2.70 bits per heavy atom. The van der Waals surface area contributed by atoms with E-state index in [1.54, 1.807) is 36.4 Å². The Bertz CT molecular complexity index is 1230. The maximum Gasteiger partial charge on any atom is 0.293 e. The molecule has 2 aromatic heterocycles. The van der Waals surface area contributed by atoms with Crippen LogP contribution >= 0.6 is 23.1 Å². The Morgan fingerprint density at radius 2 is 1.93 bits per heavy atom. The lowest BCUT2D eigenvalue weighted by Gasteiger charge is -1.99. The Hall–Kier alpha value is -3.48. The van der Waals surface area contributed by atoms with Crippen LogP contribution in [0.25, 0.3) is 11.3 Å². The number of nitrogens with zero attached hydrogens (tertiary/aromatic N) is 3. The van der Waals surface area contributed by atoms with Crippen LogP contribution in [0.1, 0.15) is 21.7 Å². The SMILES string of the molecule is N#Cc1ccc(CSc2nnc(NC(=O)c3ccc(-c4ccccc4F)o3)s2)cc1. The van der Waals surface area contributed by atoms with Crippen molar-refractivity contribution in [2.45, 2.75) is 10.1 Å². The van der Waals surface area contributed by atoms with Gasteiger partial charge in [-0.25, -0.2) is 4.39 Å². The average molecular weight is 436 g/mol. The highest BCUT2D eigenvalue weighted by Crippen LogP contribution is 2.29. The summed E-state index contributed by atoms with van der Waals surface area (Å²) in [5, 5.41) is 19.8. The molecule has 0 radical (unpaired) electrons. The number of benzene rings is 2. The van der Waals surface area contributed by atoms with Crippen molar-refractivity contribution in [2.24, 2.45) is 0 Å². The Morgan fingerprint density at radius 1 is 1.13 bits per heavy atom. The van der Waals surface area contributed by atoms with Crippen molar-refractivity contribution in [2.75, 3.05) is 5.32 Å². The molecule has 4 rings (SSSR count). The van der Waals surface area contributed by atoms with Crippen LogP contribution in [-0.4, -0.2) is 16.1 Å². The molecule has 0 atom stereocenters. The van der Waals surface area contributed by atoms with Gasteiger partial charge in [-0.2, -0.15) is 5.26 Å². The number of nitriles is 1. The van der Waals surface area contributed by atoms with E-state index in [1.165, 1.54) is 35.2 Å². The van der Waals surface area contributed by atoms with Crippen LogP contribution in [0.2, 0.25) is 0 Å². The predicted molar refractivity (Wildman–Crippen MR) is 113 cm³/mol. The van der Waals surface area contributed by atoms with Gasteiger partial charge in [0.2, 0.25) is 5.13 Å². The number of hydrogen-bond acceptors (Lipinski definition) is 7. The number of amides is 1. The molecule has 0 bridgehead atoms. The highest BCUT2D eigenvalue weighted by Gasteiger charge is 2.16. The fourth-order valence-corrected chi connectivity index (χ4v) is 4.27. The molecule has 0 saturated heterocycles. The first kappa shape index (κ1) is 19.8. The van der Waals surface area contributed by atoms with Gasteiger partial charge in [0.15, 0.2) is 10.1 Å². The summed E-state index contributed by atoms with van der Waals surface area (Å²) in [6.45, 7) is 0. The average Bonchev–Trinajstić information content (AvgIpc) is 3.43. The molecule has 0 spiro atoms. The third kappa shape index (κ3) is 4.56. The van der Waals surface area contributed by atoms with Crippen molar-refractivity contribution in [3.05, 3.63) is 83.4 Å². The zero-order valence-electron chi connectivity index (χ0n) is 15.3. The summed E-state index contributed by atoms with van der Waals surface area (Å²) in [5.74, 6) is 0.0759.